The van der Waals surface area contributed by atoms with Gasteiger partial charge in [-0.2, -0.15) is 0 Å². The highest BCUT2D eigenvalue weighted by Crippen LogP contribution is 2.28. The summed E-state index contributed by atoms with van der Waals surface area (Å²) in [5.41, 5.74) is 0. The SMILES string of the molecule is CCCNC(C)CS(=O)(=O)C1CCCC(C)C1. The molecule has 1 saturated carbocycles. The first kappa shape index (κ1) is 15.0. The van der Waals surface area contributed by atoms with Gasteiger partial charge in [-0.3, -0.25) is 0 Å². The van der Waals surface area contributed by atoms with Gasteiger partial charge in [-0.1, -0.05) is 26.7 Å². The molecule has 1 N–H and O–H groups in total. The van der Waals surface area contributed by atoms with Crippen LogP contribution in [0.15, 0.2) is 0 Å². The number of hydrogen-bond acceptors (Lipinski definition) is 3. The average Bonchev–Trinajstić information content (AvgIpc) is 2.26. The van der Waals surface area contributed by atoms with Crippen LogP contribution in [0.4, 0.5) is 0 Å². The molecule has 0 heterocycles. The maximum atomic E-state index is 12.3. The molecule has 3 unspecified atom stereocenters. The zero-order chi connectivity index (χ0) is 12.9. The Kier molecular flexibility index (Phi) is 5.93. The fraction of sp³-hybridized carbons (Fsp3) is 1.00. The molecule has 3 nitrogen and oxygen atoms in total. The van der Waals surface area contributed by atoms with E-state index in [2.05, 4.69) is 19.2 Å². The van der Waals surface area contributed by atoms with Crippen LogP contribution in [-0.2, 0) is 9.84 Å². The monoisotopic (exact) mass is 261 g/mol. The second-order valence-corrected chi connectivity index (χ2v) is 7.90. The fourth-order valence-electron chi connectivity index (χ4n) is 2.64. The van der Waals surface area contributed by atoms with Crippen LogP contribution in [-0.4, -0.2) is 32.0 Å². The van der Waals surface area contributed by atoms with Crippen LogP contribution in [0.2, 0.25) is 0 Å². The lowest BCUT2D eigenvalue weighted by Crippen LogP contribution is -2.38. The smallest absolute Gasteiger partial charge is 0.154 e. The standard InChI is InChI=1S/C13H27NO2S/c1-4-8-14-12(3)10-17(15,16)13-7-5-6-11(2)9-13/h11-14H,4-10H2,1-3H3. The molecule has 1 fully saturated rings. The van der Waals surface area contributed by atoms with E-state index in [1.165, 1.54) is 6.42 Å². The highest BCUT2D eigenvalue weighted by atomic mass is 32.2. The topological polar surface area (TPSA) is 46.2 Å². The molecule has 0 radical (unpaired) electrons. The zero-order valence-corrected chi connectivity index (χ0v) is 12.2. The molecule has 102 valence electrons. The third kappa shape index (κ3) is 4.96. The van der Waals surface area contributed by atoms with Gasteiger partial charge in [0.15, 0.2) is 9.84 Å². The third-order valence-corrected chi connectivity index (χ3v) is 6.03. The molecule has 0 aromatic heterocycles. The summed E-state index contributed by atoms with van der Waals surface area (Å²) in [5, 5.41) is 3.17. The van der Waals surface area contributed by atoms with Crippen LogP contribution in [0.3, 0.4) is 0 Å². The second-order valence-electron chi connectivity index (χ2n) is 5.58. The predicted octanol–water partition coefficient (Wildman–Crippen LogP) is 2.37. The summed E-state index contributed by atoms with van der Waals surface area (Å²) in [5.74, 6) is 0.868. The van der Waals surface area contributed by atoms with Crippen LogP contribution in [0, 0.1) is 5.92 Å². The largest absolute Gasteiger partial charge is 0.313 e. The molecular formula is C13H27NO2S. The molecule has 0 bridgehead atoms. The molecule has 1 rings (SSSR count). The van der Waals surface area contributed by atoms with Crippen LogP contribution in [0.25, 0.3) is 0 Å². The molecule has 1 aliphatic carbocycles. The van der Waals surface area contributed by atoms with E-state index in [4.69, 9.17) is 0 Å². The van der Waals surface area contributed by atoms with Gasteiger partial charge in [0.1, 0.15) is 0 Å². The number of sulfone groups is 1. The summed E-state index contributed by atoms with van der Waals surface area (Å²) in [6, 6.07) is 0.0807. The van der Waals surface area contributed by atoms with E-state index in [1.54, 1.807) is 0 Å². The molecule has 3 atom stereocenters. The summed E-state index contributed by atoms with van der Waals surface area (Å²) in [7, 11) is -2.91. The first-order chi connectivity index (χ1) is 7.95. The van der Waals surface area contributed by atoms with Crippen molar-refractivity contribution in [2.75, 3.05) is 12.3 Å². The van der Waals surface area contributed by atoms with Gasteiger partial charge in [0.05, 0.1) is 11.0 Å². The molecule has 0 saturated heterocycles. The minimum atomic E-state index is -2.91. The fourth-order valence-corrected chi connectivity index (χ4v) is 4.87. The Balaban J connectivity index is 2.49. The highest BCUT2D eigenvalue weighted by molar-refractivity contribution is 7.92. The number of hydrogen-bond donors (Lipinski definition) is 1. The third-order valence-electron chi connectivity index (χ3n) is 3.62. The summed E-state index contributed by atoms with van der Waals surface area (Å²) in [6.07, 6.45) is 5.04. The molecule has 0 aromatic rings. The van der Waals surface area contributed by atoms with Crippen molar-refractivity contribution in [1.82, 2.24) is 5.32 Å². The van der Waals surface area contributed by atoms with Crippen LogP contribution >= 0.6 is 0 Å². The van der Waals surface area contributed by atoms with Crippen LogP contribution in [0.5, 0.6) is 0 Å². The van der Waals surface area contributed by atoms with Crippen molar-refractivity contribution >= 4 is 9.84 Å². The van der Waals surface area contributed by atoms with Gasteiger partial charge in [0.25, 0.3) is 0 Å². The lowest BCUT2D eigenvalue weighted by Gasteiger charge is -2.27. The Morgan fingerprint density at radius 1 is 1.35 bits per heavy atom. The van der Waals surface area contributed by atoms with Gasteiger partial charge >= 0.3 is 0 Å². The molecule has 4 heteroatoms. The van der Waals surface area contributed by atoms with E-state index in [-0.39, 0.29) is 11.3 Å². The Labute approximate surface area is 106 Å². The lowest BCUT2D eigenvalue weighted by atomic mass is 9.91. The zero-order valence-electron chi connectivity index (χ0n) is 11.4. The van der Waals surface area contributed by atoms with Crippen molar-refractivity contribution in [3.63, 3.8) is 0 Å². The van der Waals surface area contributed by atoms with Crippen molar-refractivity contribution in [1.29, 1.82) is 0 Å². The normalized spacial score (nSPS) is 27.9. The van der Waals surface area contributed by atoms with Gasteiger partial charge in [-0.05, 0) is 38.6 Å². The first-order valence-corrected chi connectivity index (χ1v) is 8.62. The summed E-state index contributed by atoms with van der Waals surface area (Å²) in [4.78, 5) is 0. The van der Waals surface area contributed by atoms with Crippen LogP contribution in [0.1, 0.15) is 52.9 Å². The van der Waals surface area contributed by atoms with Crippen molar-refractivity contribution in [2.24, 2.45) is 5.92 Å². The Bertz CT molecular complexity index is 313. The van der Waals surface area contributed by atoms with Crippen molar-refractivity contribution in [2.45, 2.75) is 64.2 Å². The molecule has 0 aromatic carbocycles. The molecule has 0 amide bonds. The highest BCUT2D eigenvalue weighted by Gasteiger charge is 2.30. The summed E-state index contributed by atoms with van der Waals surface area (Å²) < 4.78 is 24.5. The summed E-state index contributed by atoms with van der Waals surface area (Å²) >= 11 is 0. The second kappa shape index (κ2) is 6.74. The molecular weight excluding hydrogens is 234 g/mol. The van der Waals surface area contributed by atoms with E-state index < -0.39 is 9.84 Å². The van der Waals surface area contributed by atoms with E-state index in [9.17, 15) is 8.42 Å². The van der Waals surface area contributed by atoms with Crippen LogP contribution < -0.4 is 5.32 Å². The van der Waals surface area contributed by atoms with E-state index in [1.807, 2.05) is 6.92 Å². The maximum Gasteiger partial charge on any atom is 0.154 e. The van der Waals surface area contributed by atoms with Crippen molar-refractivity contribution in [3.8, 4) is 0 Å². The number of nitrogens with one attached hydrogen (secondary N) is 1. The quantitative estimate of drug-likeness (QED) is 0.798. The molecule has 0 spiro atoms. The minimum Gasteiger partial charge on any atom is -0.313 e. The average molecular weight is 261 g/mol. The molecule has 1 aliphatic rings. The maximum absolute atomic E-state index is 12.3. The van der Waals surface area contributed by atoms with E-state index in [0.29, 0.717) is 11.7 Å². The Hall–Kier alpha value is -0.0900. The Morgan fingerprint density at radius 2 is 2.06 bits per heavy atom. The van der Waals surface area contributed by atoms with E-state index in [0.717, 1.165) is 32.2 Å². The van der Waals surface area contributed by atoms with Gasteiger partial charge in [0.2, 0.25) is 0 Å². The van der Waals surface area contributed by atoms with Gasteiger partial charge < -0.3 is 5.32 Å². The van der Waals surface area contributed by atoms with Crippen molar-refractivity contribution < 1.29 is 8.42 Å². The van der Waals surface area contributed by atoms with Gasteiger partial charge in [-0.15, -0.1) is 0 Å². The summed E-state index contributed by atoms with van der Waals surface area (Å²) in [6.45, 7) is 7.13. The first-order valence-electron chi connectivity index (χ1n) is 6.90. The van der Waals surface area contributed by atoms with Gasteiger partial charge in [0, 0.05) is 6.04 Å². The minimum absolute atomic E-state index is 0.0807. The Morgan fingerprint density at radius 3 is 2.65 bits per heavy atom. The molecule has 0 aliphatic heterocycles. The van der Waals surface area contributed by atoms with Crippen molar-refractivity contribution in [3.05, 3.63) is 0 Å². The molecule has 17 heavy (non-hydrogen) atoms. The van der Waals surface area contributed by atoms with Gasteiger partial charge in [-0.25, -0.2) is 8.42 Å². The predicted molar refractivity (Wildman–Crippen MR) is 73.0 cm³/mol. The van der Waals surface area contributed by atoms with E-state index >= 15 is 0 Å². The number of rotatable bonds is 6. The lowest BCUT2D eigenvalue weighted by molar-refractivity contribution is 0.381.